The lowest BCUT2D eigenvalue weighted by molar-refractivity contribution is 0.0686. The molecule has 0 spiro atoms. The van der Waals surface area contributed by atoms with E-state index in [4.69, 9.17) is 4.98 Å². The molecule has 3 heterocycles. The van der Waals surface area contributed by atoms with Crippen molar-refractivity contribution in [2.45, 2.75) is 26.4 Å². The first-order valence-corrected chi connectivity index (χ1v) is 11.1. The number of fused-ring (bicyclic) bond motifs is 2. The summed E-state index contributed by atoms with van der Waals surface area (Å²) < 4.78 is 1.74. The van der Waals surface area contributed by atoms with E-state index in [9.17, 15) is 9.90 Å². The molecule has 0 amide bonds. The summed E-state index contributed by atoms with van der Waals surface area (Å²) in [4.78, 5) is 23.6. The number of carbonyl (C=O) groups is 1. The fourth-order valence-corrected chi connectivity index (χ4v) is 4.19. The molecule has 1 N–H and O–H groups in total. The number of rotatable bonds is 6. The van der Waals surface area contributed by atoms with Crippen LogP contribution < -0.4 is 0 Å². The average molecular weight is 426 g/mol. The number of carboxylic acid groups (broad SMARTS) is 1. The number of carboxylic acids is 1. The molecule has 31 heavy (non-hydrogen) atoms. The van der Waals surface area contributed by atoms with Crippen molar-refractivity contribution in [2.24, 2.45) is 7.05 Å². The van der Waals surface area contributed by atoms with Crippen molar-refractivity contribution in [3.05, 3.63) is 55.2 Å². The van der Waals surface area contributed by atoms with Crippen LogP contribution in [0.25, 0.3) is 11.3 Å². The van der Waals surface area contributed by atoms with Crippen molar-refractivity contribution in [1.82, 2.24) is 24.3 Å². The van der Waals surface area contributed by atoms with Crippen molar-refractivity contribution in [2.75, 3.05) is 45.8 Å². The third-order valence-corrected chi connectivity index (χ3v) is 5.98. The molecule has 7 nitrogen and oxygen atoms in total. The molecule has 0 saturated heterocycles. The van der Waals surface area contributed by atoms with Crippen LogP contribution in [0.5, 0.6) is 0 Å². The smallest absolute Gasteiger partial charge is 0.352 e. The van der Waals surface area contributed by atoms with Crippen LogP contribution in [0.4, 0.5) is 0 Å². The lowest BCUT2D eigenvalue weighted by Crippen LogP contribution is -2.40. The summed E-state index contributed by atoms with van der Waals surface area (Å²) >= 11 is 0. The second-order valence-corrected chi connectivity index (χ2v) is 8.20. The van der Waals surface area contributed by atoms with Crippen LogP contribution in [0.1, 0.15) is 35.2 Å². The van der Waals surface area contributed by atoms with Crippen LogP contribution in [-0.2, 0) is 20.1 Å². The van der Waals surface area contributed by atoms with Gasteiger partial charge in [-0.2, -0.15) is 0 Å². The van der Waals surface area contributed by atoms with Gasteiger partial charge < -0.3 is 33.3 Å². The molecule has 2 aromatic heterocycles. The van der Waals surface area contributed by atoms with Gasteiger partial charge in [0.05, 0.1) is 11.4 Å². The van der Waals surface area contributed by atoms with Gasteiger partial charge in [0.1, 0.15) is 5.69 Å². The summed E-state index contributed by atoms with van der Waals surface area (Å²) in [5.74, 6) is -0.919. The zero-order valence-corrected chi connectivity index (χ0v) is 18.9. The van der Waals surface area contributed by atoms with Gasteiger partial charge in [-0.1, -0.05) is 6.92 Å². The predicted molar refractivity (Wildman–Crippen MR) is 124 cm³/mol. The Balaban J connectivity index is 2.00. The zero-order valence-electron chi connectivity index (χ0n) is 18.9. The third-order valence-electron chi connectivity index (χ3n) is 5.98. The van der Waals surface area contributed by atoms with E-state index in [0.717, 1.165) is 81.4 Å². The Kier molecular flexibility index (Phi) is 8.23. The first kappa shape index (κ1) is 23.4. The quantitative estimate of drug-likeness (QED) is 0.718. The lowest BCUT2D eigenvalue weighted by Gasteiger charge is -2.32. The number of hydrogen-bond donors (Lipinski definition) is 1. The number of nitrogens with zero attached hydrogens (tertiary/aromatic N) is 5. The van der Waals surface area contributed by atoms with Crippen molar-refractivity contribution in [1.29, 1.82) is 0 Å². The van der Waals surface area contributed by atoms with E-state index in [1.807, 2.05) is 6.07 Å². The van der Waals surface area contributed by atoms with E-state index < -0.39 is 5.97 Å². The van der Waals surface area contributed by atoms with Gasteiger partial charge in [0.15, 0.2) is 0 Å². The molecule has 3 rings (SSSR count). The van der Waals surface area contributed by atoms with Crippen molar-refractivity contribution in [3.8, 4) is 11.3 Å². The van der Waals surface area contributed by atoms with E-state index >= 15 is 0 Å². The zero-order chi connectivity index (χ0) is 22.4. The number of aromatic nitrogens is 2. The van der Waals surface area contributed by atoms with Crippen LogP contribution in [0.3, 0.4) is 0 Å². The maximum absolute atomic E-state index is 11.5. The van der Waals surface area contributed by atoms with E-state index in [1.165, 1.54) is 0 Å². The molecule has 1 aliphatic heterocycles. The van der Waals surface area contributed by atoms with Gasteiger partial charge in [0, 0.05) is 57.6 Å². The molecule has 1 aliphatic rings. The summed E-state index contributed by atoms with van der Waals surface area (Å²) in [6, 6.07) is 7.73. The predicted octanol–water partition coefficient (Wildman–Crippen LogP) is 2.78. The molecule has 0 aliphatic carbocycles. The highest BCUT2D eigenvalue weighted by Crippen LogP contribution is 2.25. The van der Waals surface area contributed by atoms with Gasteiger partial charge in [0.25, 0.3) is 0 Å². The topological polar surface area (TPSA) is 64.8 Å². The Morgan fingerprint density at radius 3 is 2.13 bits per heavy atom. The maximum atomic E-state index is 11.5. The Labute approximate surface area is 186 Å². The highest BCUT2D eigenvalue weighted by atomic mass is 16.4. The highest BCUT2D eigenvalue weighted by Gasteiger charge is 2.17. The minimum Gasteiger partial charge on any atom is -0.477 e. The van der Waals surface area contributed by atoms with Crippen LogP contribution in [0.2, 0.25) is 0 Å². The molecular formula is C24H35N5O2-2. The molecule has 170 valence electrons. The van der Waals surface area contributed by atoms with Gasteiger partial charge in [-0.05, 0) is 37.2 Å². The van der Waals surface area contributed by atoms with E-state index in [1.54, 1.807) is 17.7 Å². The first-order valence-electron chi connectivity index (χ1n) is 11.1. The summed E-state index contributed by atoms with van der Waals surface area (Å²) in [5.41, 5.74) is 4.19. The Morgan fingerprint density at radius 2 is 1.58 bits per heavy atom. The van der Waals surface area contributed by atoms with Crippen molar-refractivity contribution < 1.29 is 9.90 Å². The summed E-state index contributed by atoms with van der Waals surface area (Å²) in [6.45, 7) is 18.3. The number of hydrogen-bond acceptors (Lipinski definition) is 5. The summed E-state index contributed by atoms with van der Waals surface area (Å²) in [6.07, 6.45) is 1.09. The van der Waals surface area contributed by atoms with Crippen LogP contribution in [0, 0.1) is 13.8 Å². The van der Waals surface area contributed by atoms with Crippen LogP contribution in [0.15, 0.2) is 24.3 Å². The average Bonchev–Trinajstić information content (AvgIpc) is 3.13. The molecule has 0 fully saturated rings. The Hall–Kier alpha value is -2.22. The summed E-state index contributed by atoms with van der Waals surface area (Å²) in [7, 11) is 1.80. The molecule has 0 atom stereocenters. The fraction of sp³-hybridized carbons (Fsp3) is 0.500. The first-order chi connectivity index (χ1) is 14.9. The fourth-order valence-electron chi connectivity index (χ4n) is 4.19. The van der Waals surface area contributed by atoms with E-state index in [-0.39, 0.29) is 5.69 Å². The summed E-state index contributed by atoms with van der Waals surface area (Å²) in [5, 5.41) is 9.44. The van der Waals surface area contributed by atoms with Gasteiger partial charge in [-0.3, -0.25) is 9.88 Å². The van der Waals surface area contributed by atoms with Gasteiger partial charge in [-0.15, -0.1) is 13.1 Å². The molecule has 0 saturated carbocycles. The monoisotopic (exact) mass is 425 g/mol. The minimum atomic E-state index is -0.919. The minimum absolute atomic E-state index is 0.282. The van der Waals surface area contributed by atoms with E-state index in [2.05, 4.69) is 47.6 Å². The Bertz CT molecular complexity index is 879. The second-order valence-electron chi connectivity index (χ2n) is 8.20. The molecule has 0 radical (unpaired) electrons. The molecule has 0 unspecified atom stereocenters. The van der Waals surface area contributed by atoms with Crippen LogP contribution >= 0.6 is 0 Å². The van der Waals surface area contributed by atoms with Crippen molar-refractivity contribution >= 4 is 5.97 Å². The van der Waals surface area contributed by atoms with Crippen LogP contribution in [-0.4, -0.2) is 81.1 Å². The largest absolute Gasteiger partial charge is 0.477 e. The normalized spacial score (nSPS) is 17.3. The number of pyridine rings is 1. The molecule has 7 heteroatoms. The molecule has 0 aromatic carbocycles. The highest BCUT2D eigenvalue weighted by molar-refractivity contribution is 5.87. The maximum Gasteiger partial charge on any atom is 0.352 e. The molecule has 2 bridgehead atoms. The standard InChI is InChI=1S/C24H35N5O2/c1-5-10-29-14-12-27(6-2)11-13-28(7-3)17-20-15-19(16-21(18-29)25-20)22-8-9-23(24(30)31)26(22)4/h8-9,15-16H,2-3,5-7,10-14,17-18H2,1,4H3,(H,30,31)/q-2. The second kappa shape index (κ2) is 10.9. The number of aromatic carboxylic acids is 1. The molecular weight excluding hydrogens is 390 g/mol. The van der Waals surface area contributed by atoms with Gasteiger partial charge in [0.2, 0.25) is 0 Å². The Morgan fingerprint density at radius 1 is 1.00 bits per heavy atom. The molecule has 2 aromatic rings. The van der Waals surface area contributed by atoms with Gasteiger partial charge in [-0.25, -0.2) is 4.79 Å². The van der Waals surface area contributed by atoms with Gasteiger partial charge >= 0.3 is 5.97 Å². The van der Waals surface area contributed by atoms with E-state index in [0.29, 0.717) is 6.54 Å². The third kappa shape index (κ3) is 5.93. The SMILES string of the molecule is [CH2-]CN1CCN(C[CH2-])Cc2cc(-c3ccc(C(=O)O)n3C)cc(n2)CN(CCC)CC1. The lowest BCUT2D eigenvalue weighted by atomic mass is 10.1. The van der Waals surface area contributed by atoms with Crippen molar-refractivity contribution in [3.63, 3.8) is 0 Å².